The fourth-order valence-electron chi connectivity index (χ4n) is 3.96. The van der Waals surface area contributed by atoms with E-state index in [0.717, 1.165) is 0 Å². The van der Waals surface area contributed by atoms with Crippen LogP contribution in [0.1, 0.15) is 21.6 Å². The Hall–Kier alpha value is -4.32. The third-order valence-corrected chi connectivity index (χ3v) is 5.91. The summed E-state index contributed by atoms with van der Waals surface area (Å²) >= 11 is 5.83. The number of aliphatic imine (C=N–C) groups is 1. The van der Waals surface area contributed by atoms with E-state index in [2.05, 4.69) is 15.3 Å². The number of fused-ring (bicyclic) bond motifs is 4. The summed E-state index contributed by atoms with van der Waals surface area (Å²) in [6.07, 6.45) is -3.80. The van der Waals surface area contributed by atoms with Gasteiger partial charge in [-0.1, -0.05) is 11.6 Å². The molecule has 2 aliphatic heterocycles. The predicted octanol–water partition coefficient (Wildman–Crippen LogP) is 4.41. The molecule has 0 radical (unpaired) electrons. The second-order valence-electron chi connectivity index (χ2n) is 8.01. The Labute approximate surface area is 212 Å². The lowest BCUT2D eigenvalue weighted by Crippen LogP contribution is -2.40. The molecule has 2 aromatic carbocycles. The smallest absolute Gasteiger partial charge is 0.471 e. The number of ether oxygens (including phenoxy) is 3. The normalized spacial score (nSPS) is 17.6. The van der Waals surface area contributed by atoms with Gasteiger partial charge in [0.1, 0.15) is 29.5 Å². The minimum Gasteiger partial charge on any atom is -0.497 e. The fourth-order valence-corrected chi connectivity index (χ4v) is 4.07. The first kappa shape index (κ1) is 24.4. The van der Waals surface area contributed by atoms with Crippen LogP contribution in [0.25, 0.3) is 0 Å². The van der Waals surface area contributed by atoms with Crippen molar-refractivity contribution in [3.63, 3.8) is 0 Å². The molecule has 0 saturated carbocycles. The Bertz CT molecular complexity index is 1450. The van der Waals surface area contributed by atoms with Crippen LogP contribution in [0, 0.1) is 0 Å². The molecule has 0 unspecified atom stereocenters. The van der Waals surface area contributed by atoms with Gasteiger partial charge in [0.15, 0.2) is 5.54 Å². The number of rotatable bonds is 3. The molecule has 1 aromatic heterocycles. The third kappa shape index (κ3) is 4.51. The van der Waals surface area contributed by atoms with Gasteiger partial charge in [0.2, 0.25) is 0 Å². The van der Waals surface area contributed by atoms with E-state index in [1.807, 2.05) is 0 Å². The number of halogens is 4. The van der Waals surface area contributed by atoms with Gasteiger partial charge in [0, 0.05) is 23.0 Å². The van der Waals surface area contributed by atoms with Crippen molar-refractivity contribution < 1.29 is 37.0 Å². The molecule has 2 amide bonds. The van der Waals surface area contributed by atoms with Crippen molar-refractivity contribution in [3.8, 4) is 17.2 Å². The van der Waals surface area contributed by atoms with E-state index < -0.39 is 29.6 Å². The molecule has 190 valence electrons. The van der Waals surface area contributed by atoms with Gasteiger partial charge in [-0.25, -0.2) is 9.98 Å². The van der Waals surface area contributed by atoms with Crippen LogP contribution in [0.4, 0.5) is 18.9 Å². The first-order valence-electron chi connectivity index (χ1n) is 10.6. The summed E-state index contributed by atoms with van der Waals surface area (Å²) in [5, 5.41) is 4.73. The van der Waals surface area contributed by atoms with E-state index in [1.165, 1.54) is 25.4 Å². The summed E-state index contributed by atoms with van der Waals surface area (Å²) in [4.78, 5) is 32.5. The summed E-state index contributed by atoms with van der Waals surface area (Å²) < 4.78 is 55.2. The summed E-state index contributed by atoms with van der Waals surface area (Å²) in [6, 6.07) is 12.0. The lowest BCUT2D eigenvalue weighted by atomic mass is 9.81. The van der Waals surface area contributed by atoms with Crippen LogP contribution < -0.4 is 20.1 Å². The topological polar surface area (TPSA) is 111 Å². The van der Waals surface area contributed by atoms with Crippen LogP contribution in [0.15, 0.2) is 59.7 Å². The van der Waals surface area contributed by atoms with E-state index in [9.17, 15) is 22.8 Å². The van der Waals surface area contributed by atoms with E-state index in [1.54, 1.807) is 41.7 Å². The van der Waals surface area contributed by atoms with Gasteiger partial charge in [0.25, 0.3) is 11.9 Å². The molecule has 1 atom stereocenters. The molecule has 37 heavy (non-hydrogen) atoms. The predicted molar refractivity (Wildman–Crippen MR) is 125 cm³/mol. The highest BCUT2D eigenvalue weighted by molar-refractivity contribution is 6.30. The van der Waals surface area contributed by atoms with Crippen LogP contribution in [0.3, 0.4) is 0 Å². The molecule has 0 bridgehead atoms. The summed E-state index contributed by atoms with van der Waals surface area (Å²) in [7, 11) is 1.45. The van der Waals surface area contributed by atoms with Gasteiger partial charge < -0.3 is 19.5 Å². The van der Waals surface area contributed by atoms with Crippen LogP contribution >= 0.6 is 11.6 Å². The molecular weight excluding hydrogens is 517 g/mol. The first-order chi connectivity index (χ1) is 17.6. The molecule has 5 rings (SSSR count). The largest absolute Gasteiger partial charge is 0.497 e. The van der Waals surface area contributed by atoms with Crippen LogP contribution in [-0.2, 0) is 15.1 Å². The molecule has 3 aromatic rings. The van der Waals surface area contributed by atoms with Crippen molar-refractivity contribution in [1.29, 1.82) is 0 Å². The van der Waals surface area contributed by atoms with Gasteiger partial charge >= 0.3 is 12.1 Å². The van der Waals surface area contributed by atoms with Gasteiger partial charge in [-0.05, 0) is 48.5 Å². The zero-order chi connectivity index (χ0) is 26.4. The Kier molecular flexibility index (Phi) is 5.91. The number of hydrogen-bond acceptors (Lipinski definition) is 7. The standard InChI is InChI=1S/C24H16ClF3N4O5/c1-35-14-4-7-19-16(9-14)23(11-36-22(32-23)31-21(34)24(26,27)28)15-8-13(3-6-18(15)37-19)30-20(33)17-5-2-12(25)10-29-17/h2-10H,11H2,1H3,(H,30,33)(H,31,32,34)/t23-/m0/s1. The SMILES string of the molecule is COc1ccc2c(c1)[C@]1(COC(NC(=O)C(F)(F)F)=N1)c1cc(NC(=O)c3ccc(Cl)cn3)ccc1O2. The highest BCUT2D eigenvalue weighted by Crippen LogP contribution is 2.52. The molecule has 1 spiro atoms. The van der Waals surface area contributed by atoms with E-state index >= 15 is 0 Å². The van der Waals surface area contributed by atoms with Crippen molar-refractivity contribution >= 4 is 35.1 Å². The molecule has 13 heteroatoms. The zero-order valence-corrected chi connectivity index (χ0v) is 19.6. The number of alkyl halides is 3. The van der Waals surface area contributed by atoms with Gasteiger partial charge in [0.05, 0.1) is 12.1 Å². The third-order valence-electron chi connectivity index (χ3n) is 5.68. The molecule has 2 aliphatic rings. The molecule has 0 fully saturated rings. The second kappa shape index (κ2) is 8.96. The van der Waals surface area contributed by atoms with Gasteiger partial charge in [-0.3, -0.25) is 14.9 Å². The number of amidine groups is 1. The summed E-state index contributed by atoms with van der Waals surface area (Å²) in [5.74, 6) is -1.61. The van der Waals surface area contributed by atoms with Gasteiger partial charge in [-0.2, -0.15) is 13.2 Å². The molecule has 2 N–H and O–H groups in total. The first-order valence-corrected chi connectivity index (χ1v) is 11.0. The van der Waals surface area contributed by atoms with E-state index in [0.29, 0.717) is 39.1 Å². The summed E-state index contributed by atoms with van der Waals surface area (Å²) in [5.41, 5.74) is -0.157. The van der Waals surface area contributed by atoms with Crippen LogP contribution in [-0.4, -0.2) is 42.7 Å². The number of methoxy groups -OCH3 is 1. The van der Waals surface area contributed by atoms with Crippen LogP contribution in [0.2, 0.25) is 5.02 Å². The maximum Gasteiger partial charge on any atom is 0.471 e. The fraction of sp³-hybridized carbons (Fsp3) is 0.167. The number of anilines is 1. The molecule has 0 saturated heterocycles. The number of aromatic nitrogens is 1. The maximum absolute atomic E-state index is 12.8. The van der Waals surface area contributed by atoms with E-state index in [4.69, 9.17) is 25.8 Å². The number of carbonyl (C=O) groups excluding carboxylic acids is 2. The molecule has 0 aliphatic carbocycles. The minimum atomic E-state index is -5.14. The number of pyridine rings is 1. The Balaban J connectivity index is 1.56. The summed E-state index contributed by atoms with van der Waals surface area (Å²) in [6.45, 7) is -0.257. The second-order valence-corrected chi connectivity index (χ2v) is 8.45. The van der Waals surface area contributed by atoms with Crippen molar-refractivity contribution in [2.24, 2.45) is 4.99 Å². The monoisotopic (exact) mass is 532 g/mol. The Morgan fingerprint density at radius 1 is 1.05 bits per heavy atom. The highest BCUT2D eigenvalue weighted by Gasteiger charge is 2.49. The number of amides is 2. The maximum atomic E-state index is 12.8. The van der Waals surface area contributed by atoms with E-state index in [-0.39, 0.29) is 12.3 Å². The zero-order valence-electron chi connectivity index (χ0n) is 18.9. The number of carbonyl (C=O) groups is 2. The van der Waals surface area contributed by atoms with Crippen molar-refractivity contribution in [1.82, 2.24) is 10.3 Å². The average molecular weight is 533 g/mol. The minimum absolute atomic E-state index is 0.113. The average Bonchev–Trinajstić information content (AvgIpc) is 3.28. The van der Waals surface area contributed by atoms with Crippen LogP contribution in [0.5, 0.6) is 17.2 Å². The quantitative estimate of drug-likeness (QED) is 0.517. The van der Waals surface area contributed by atoms with Crippen molar-refractivity contribution in [2.45, 2.75) is 11.7 Å². The van der Waals surface area contributed by atoms with Gasteiger partial charge in [-0.15, -0.1) is 0 Å². The highest BCUT2D eigenvalue weighted by atomic mass is 35.5. The molecule has 3 heterocycles. The number of benzene rings is 2. The number of nitrogens with zero attached hydrogens (tertiary/aromatic N) is 2. The van der Waals surface area contributed by atoms with Crippen molar-refractivity contribution in [2.75, 3.05) is 19.0 Å². The Morgan fingerprint density at radius 2 is 1.78 bits per heavy atom. The molecular formula is C24H16ClF3N4O5. The Morgan fingerprint density at radius 3 is 2.46 bits per heavy atom. The lowest BCUT2D eigenvalue weighted by molar-refractivity contribution is -0.172. The number of hydrogen-bond donors (Lipinski definition) is 2. The van der Waals surface area contributed by atoms with Crippen molar-refractivity contribution in [3.05, 3.63) is 76.6 Å². The number of nitrogens with one attached hydrogen (secondary N) is 2. The lowest BCUT2D eigenvalue weighted by Gasteiger charge is -2.33. The molecule has 9 nitrogen and oxygen atoms in total.